The zero-order chi connectivity index (χ0) is 39.7. The van der Waals surface area contributed by atoms with E-state index < -0.39 is 64.6 Å². The van der Waals surface area contributed by atoms with E-state index in [2.05, 4.69) is 10.6 Å². The lowest BCUT2D eigenvalue weighted by atomic mass is 9.89. The first kappa shape index (κ1) is 39.1. The molecule has 3 aromatic rings. The van der Waals surface area contributed by atoms with Gasteiger partial charge in [-0.05, 0) is 76.8 Å². The molecule has 0 saturated carbocycles. The molecular formula is C41H42FN3O9S. The number of amides is 3. The average molecular weight is 772 g/mol. The highest BCUT2D eigenvalue weighted by Crippen LogP contribution is 2.47. The lowest BCUT2D eigenvalue weighted by molar-refractivity contribution is -0.153. The highest BCUT2D eigenvalue weighted by Gasteiger charge is 2.55. The minimum absolute atomic E-state index is 0.0223. The van der Waals surface area contributed by atoms with Gasteiger partial charge in [0.15, 0.2) is 6.10 Å². The maximum absolute atomic E-state index is 16.3. The van der Waals surface area contributed by atoms with Gasteiger partial charge in [0, 0.05) is 35.1 Å². The predicted octanol–water partition coefficient (Wildman–Crippen LogP) is 6.81. The van der Waals surface area contributed by atoms with Crippen molar-refractivity contribution in [3.63, 3.8) is 0 Å². The molecule has 2 N–H and O–H groups in total. The number of thioether (sulfide) groups is 1. The van der Waals surface area contributed by atoms with Gasteiger partial charge < -0.3 is 29.6 Å². The Morgan fingerprint density at radius 3 is 2.05 bits per heavy atom. The number of fused-ring (bicyclic) bond motifs is 1. The maximum Gasteiger partial charge on any atom is 0.514 e. The van der Waals surface area contributed by atoms with Crippen molar-refractivity contribution in [3.8, 4) is 5.75 Å². The number of halogens is 1. The Balaban J connectivity index is 1.46. The van der Waals surface area contributed by atoms with Crippen LogP contribution < -0.4 is 15.4 Å². The zero-order valence-corrected chi connectivity index (χ0v) is 32.1. The quantitative estimate of drug-likeness (QED) is 0.0823. The number of alkyl carbamates (subject to hydrolysis) is 1. The van der Waals surface area contributed by atoms with Crippen molar-refractivity contribution in [2.75, 3.05) is 12.3 Å². The largest absolute Gasteiger partial charge is 0.514 e. The van der Waals surface area contributed by atoms with Crippen molar-refractivity contribution in [3.05, 3.63) is 118 Å². The standard InChI is InChI=1S/C41H42FN3O9S/c1-40(2,3)53-38(49)44-31-35(47)45-32(37(48)52-33(23-13-9-7-10-14-23)24-15-11-8-12-16-24)28(22-55-36(31)45)30(27-19-20-43-34(27)46)26-18-17-25(21-29(26)42)51-39(50)54-41(4,5)6/h7-18,21,31,33,36H,19-20,22H2,1-6H3,(H,43,46)(H,44,49)/t31-,36-/m1/s1. The predicted molar refractivity (Wildman–Crippen MR) is 202 cm³/mol. The molecule has 0 spiro atoms. The first-order chi connectivity index (χ1) is 26.0. The third kappa shape index (κ3) is 8.86. The number of nitrogens with zero attached hydrogens (tertiary/aromatic N) is 1. The van der Waals surface area contributed by atoms with Crippen molar-refractivity contribution in [1.29, 1.82) is 0 Å². The van der Waals surface area contributed by atoms with E-state index in [-0.39, 0.29) is 52.4 Å². The summed E-state index contributed by atoms with van der Waals surface area (Å²) < 4.78 is 38.4. The first-order valence-corrected chi connectivity index (χ1v) is 18.8. The number of benzene rings is 3. The molecule has 0 unspecified atom stereocenters. The van der Waals surface area contributed by atoms with Gasteiger partial charge >= 0.3 is 18.2 Å². The minimum Gasteiger partial charge on any atom is -0.448 e. The molecule has 3 aliphatic rings. The van der Waals surface area contributed by atoms with Crippen LogP contribution in [0.25, 0.3) is 5.57 Å². The van der Waals surface area contributed by atoms with E-state index >= 15 is 4.39 Å². The van der Waals surface area contributed by atoms with E-state index in [4.69, 9.17) is 18.9 Å². The van der Waals surface area contributed by atoms with Crippen LogP contribution in [0.1, 0.15) is 70.8 Å². The molecule has 3 heterocycles. The van der Waals surface area contributed by atoms with Gasteiger partial charge in [0.05, 0.1) is 0 Å². The van der Waals surface area contributed by atoms with Crippen LogP contribution in [-0.4, -0.2) is 69.8 Å². The van der Waals surface area contributed by atoms with Gasteiger partial charge in [0.1, 0.15) is 39.9 Å². The number of carbonyl (C=O) groups is 5. The summed E-state index contributed by atoms with van der Waals surface area (Å²) in [5.74, 6) is -2.98. The van der Waals surface area contributed by atoms with Crippen molar-refractivity contribution in [2.45, 2.75) is 76.7 Å². The SMILES string of the molecule is CC(C)(C)OC(=O)N[C@@H]1C(=O)N2C(C(=O)OC(c3ccccc3)c3ccccc3)=C(C(=C3CCNC3=O)c3ccc(OC(=O)OC(C)(C)C)cc3F)CS[C@H]12. The Morgan fingerprint density at radius 2 is 1.51 bits per heavy atom. The summed E-state index contributed by atoms with van der Waals surface area (Å²) in [4.78, 5) is 68.5. The molecule has 3 aliphatic heterocycles. The Hall–Kier alpha value is -5.63. The molecule has 55 heavy (non-hydrogen) atoms. The van der Waals surface area contributed by atoms with Gasteiger partial charge in [-0.3, -0.25) is 14.5 Å². The van der Waals surface area contributed by atoms with E-state index in [1.807, 2.05) is 60.7 Å². The Morgan fingerprint density at radius 1 is 0.891 bits per heavy atom. The number of esters is 1. The van der Waals surface area contributed by atoms with Gasteiger partial charge in [-0.1, -0.05) is 60.7 Å². The number of hydrogen-bond acceptors (Lipinski definition) is 10. The fraction of sp³-hybridized carbons (Fsp3) is 0.341. The van der Waals surface area contributed by atoms with Gasteiger partial charge in [-0.2, -0.15) is 0 Å². The molecule has 3 aromatic carbocycles. The highest BCUT2D eigenvalue weighted by atomic mass is 32.2. The summed E-state index contributed by atoms with van der Waals surface area (Å²) in [5, 5.41) is 4.62. The van der Waals surface area contributed by atoms with Crippen LogP contribution in [0.2, 0.25) is 0 Å². The molecule has 2 fully saturated rings. The molecule has 0 aliphatic carbocycles. The molecule has 3 amide bonds. The highest BCUT2D eigenvalue weighted by molar-refractivity contribution is 8.00. The first-order valence-electron chi connectivity index (χ1n) is 17.7. The summed E-state index contributed by atoms with van der Waals surface area (Å²) in [6.07, 6.45) is -2.56. The molecule has 12 nitrogen and oxygen atoms in total. The number of carbonyl (C=O) groups excluding carboxylic acids is 5. The van der Waals surface area contributed by atoms with E-state index in [1.54, 1.807) is 41.5 Å². The normalized spacial score (nSPS) is 19.2. The molecule has 0 aromatic heterocycles. The monoisotopic (exact) mass is 771 g/mol. The number of ether oxygens (including phenoxy) is 4. The van der Waals surface area contributed by atoms with Gasteiger partial charge in [-0.25, -0.2) is 18.8 Å². The third-order valence-corrected chi connectivity index (χ3v) is 9.88. The second kappa shape index (κ2) is 15.6. The molecule has 0 radical (unpaired) electrons. The van der Waals surface area contributed by atoms with Crippen LogP contribution in [0.15, 0.2) is 95.7 Å². The third-order valence-electron chi connectivity index (χ3n) is 8.60. The van der Waals surface area contributed by atoms with Gasteiger partial charge in [0.25, 0.3) is 5.91 Å². The summed E-state index contributed by atoms with van der Waals surface area (Å²) >= 11 is 1.23. The molecule has 2 atom stereocenters. The van der Waals surface area contributed by atoms with Crippen LogP contribution in [0.5, 0.6) is 5.75 Å². The zero-order valence-electron chi connectivity index (χ0n) is 31.3. The summed E-state index contributed by atoms with van der Waals surface area (Å²) in [7, 11) is 0. The van der Waals surface area contributed by atoms with Crippen molar-refractivity contribution < 1.29 is 47.3 Å². The van der Waals surface area contributed by atoms with E-state index in [1.165, 1.54) is 28.8 Å². The van der Waals surface area contributed by atoms with E-state index in [0.717, 1.165) is 6.07 Å². The second-order valence-corrected chi connectivity index (χ2v) is 16.1. The maximum atomic E-state index is 16.3. The van der Waals surface area contributed by atoms with Crippen LogP contribution in [-0.2, 0) is 28.6 Å². The molecule has 2 saturated heterocycles. The fourth-order valence-electron chi connectivity index (χ4n) is 6.38. The summed E-state index contributed by atoms with van der Waals surface area (Å²) in [6, 6.07) is 20.8. The number of nitrogens with one attached hydrogen (secondary N) is 2. The van der Waals surface area contributed by atoms with Crippen LogP contribution in [0.4, 0.5) is 14.0 Å². The molecule has 14 heteroatoms. The smallest absolute Gasteiger partial charge is 0.448 e. The molecule has 0 bridgehead atoms. The average Bonchev–Trinajstić information content (AvgIpc) is 3.54. The van der Waals surface area contributed by atoms with Gasteiger partial charge in [-0.15, -0.1) is 11.8 Å². The van der Waals surface area contributed by atoms with Crippen molar-refractivity contribution in [2.24, 2.45) is 0 Å². The number of allylic oxidation sites excluding steroid dienone is 1. The second-order valence-electron chi connectivity index (χ2n) is 15.0. The summed E-state index contributed by atoms with van der Waals surface area (Å²) in [5.41, 5.74) is -0.154. The summed E-state index contributed by atoms with van der Waals surface area (Å²) in [6.45, 7) is 10.3. The lowest BCUT2D eigenvalue weighted by Gasteiger charge is -2.50. The number of β-lactam (4-membered cyclic amide) rings is 1. The Bertz CT molecular complexity index is 2030. The van der Waals surface area contributed by atoms with Crippen LogP contribution in [0, 0.1) is 5.82 Å². The fourth-order valence-corrected chi connectivity index (χ4v) is 7.73. The number of hydrogen-bond donors (Lipinski definition) is 2. The van der Waals surface area contributed by atoms with E-state index in [0.29, 0.717) is 11.1 Å². The van der Waals surface area contributed by atoms with Gasteiger partial charge in [0.2, 0.25) is 5.91 Å². The Kier molecular flexibility index (Phi) is 11.1. The van der Waals surface area contributed by atoms with Crippen molar-refractivity contribution >= 4 is 47.4 Å². The molecule has 288 valence electrons. The molecular weight excluding hydrogens is 730 g/mol. The lowest BCUT2D eigenvalue weighted by Crippen LogP contribution is -2.70. The van der Waals surface area contributed by atoms with Crippen LogP contribution >= 0.6 is 11.8 Å². The number of rotatable bonds is 8. The van der Waals surface area contributed by atoms with Crippen LogP contribution in [0.3, 0.4) is 0 Å². The van der Waals surface area contributed by atoms with E-state index in [9.17, 15) is 24.0 Å². The minimum atomic E-state index is -1.05. The topological polar surface area (TPSA) is 150 Å². The Labute approximate surface area is 322 Å². The van der Waals surface area contributed by atoms with Crippen molar-refractivity contribution in [1.82, 2.24) is 15.5 Å². The molecule has 6 rings (SSSR count).